The van der Waals surface area contributed by atoms with E-state index in [2.05, 4.69) is 21.8 Å². The third kappa shape index (κ3) is 5.92. The van der Waals surface area contributed by atoms with Crippen molar-refractivity contribution in [3.8, 4) is 11.5 Å². The van der Waals surface area contributed by atoms with Gasteiger partial charge in [0.2, 0.25) is 5.91 Å². The molecule has 4 rings (SSSR count). The van der Waals surface area contributed by atoms with Gasteiger partial charge >= 0.3 is 0 Å². The molecule has 162 valence electrons. The van der Waals surface area contributed by atoms with Crippen LogP contribution in [-0.4, -0.2) is 33.8 Å². The van der Waals surface area contributed by atoms with Crippen molar-refractivity contribution >= 4 is 11.6 Å². The molecule has 0 aliphatic carbocycles. The number of aromatic nitrogens is 3. The standard InChI is InChI=1S/C24H29N5O2/c1-17-15-26-29(16-17)12-9-24(30)28-20-3-5-21(6-4-20)31-22-13-18(2)27-23(14-22)19-7-10-25-11-8-19/h3-6,13-16,19,25H,7-12H2,1-2H3,(H,28,30). The summed E-state index contributed by atoms with van der Waals surface area (Å²) in [6.07, 6.45) is 6.29. The van der Waals surface area contributed by atoms with Gasteiger partial charge in [-0.2, -0.15) is 5.10 Å². The van der Waals surface area contributed by atoms with Crippen molar-refractivity contribution < 1.29 is 9.53 Å². The molecule has 1 saturated heterocycles. The number of nitrogens with zero attached hydrogens (tertiary/aromatic N) is 3. The van der Waals surface area contributed by atoms with Crippen LogP contribution in [0.15, 0.2) is 48.8 Å². The number of hydrogen-bond donors (Lipinski definition) is 2. The lowest BCUT2D eigenvalue weighted by atomic mass is 9.94. The lowest BCUT2D eigenvalue weighted by Crippen LogP contribution is -2.27. The highest BCUT2D eigenvalue weighted by Crippen LogP contribution is 2.29. The van der Waals surface area contributed by atoms with Gasteiger partial charge in [0, 0.05) is 54.3 Å². The van der Waals surface area contributed by atoms with Crippen molar-refractivity contribution in [2.24, 2.45) is 0 Å². The second-order valence-corrected chi connectivity index (χ2v) is 8.10. The molecule has 3 heterocycles. The van der Waals surface area contributed by atoms with Gasteiger partial charge in [-0.3, -0.25) is 14.5 Å². The summed E-state index contributed by atoms with van der Waals surface area (Å²) in [7, 11) is 0. The lowest BCUT2D eigenvalue weighted by Gasteiger charge is -2.22. The zero-order chi connectivity index (χ0) is 21.6. The molecule has 0 unspecified atom stereocenters. The van der Waals surface area contributed by atoms with E-state index >= 15 is 0 Å². The molecule has 0 atom stereocenters. The van der Waals surface area contributed by atoms with E-state index in [1.54, 1.807) is 10.9 Å². The molecule has 0 radical (unpaired) electrons. The first kappa shape index (κ1) is 21.1. The Morgan fingerprint density at radius 2 is 1.94 bits per heavy atom. The van der Waals surface area contributed by atoms with E-state index in [9.17, 15) is 4.79 Å². The quantitative estimate of drug-likeness (QED) is 0.600. The van der Waals surface area contributed by atoms with Crippen LogP contribution in [0.2, 0.25) is 0 Å². The van der Waals surface area contributed by atoms with Crippen molar-refractivity contribution in [3.05, 3.63) is 65.7 Å². The minimum atomic E-state index is -0.0433. The smallest absolute Gasteiger partial charge is 0.226 e. The number of piperidine rings is 1. The number of ether oxygens (including phenoxy) is 1. The second-order valence-electron chi connectivity index (χ2n) is 8.10. The summed E-state index contributed by atoms with van der Waals surface area (Å²) < 4.78 is 7.86. The average Bonchev–Trinajstić information content (AvgIpc) is 3.19. The zero-order valence-corrected chi connectivity index (χ0v) is 18.1. The van der Waals surface area contributed by atoms with Gasteiger partial charge in [-0.15, -0.1) is 0 Å². The third-order valence-corrected chi connectivity index (χ3v) is 5.41. The van der Waals surface area contributed by atoms with Crippen LogP contribution in [0.3, 0.4) is 0 Å². The van der Waals surface area contributed by atoms with Crippen LogP contribution in [0, 0.1) is 13.8 Å². The Morgan fingerprint density at radius 3 is 2.65 bits per heavy atom. The van der Waals surface area contributed by atoms with E-state index in [4.69, 9.17) is 9.72 Å². The normalized spacial score (nSPS) is 14.4. The summed E-state index contributed by atoms with van der Waals surface area (Å²) in [5.74, 6) is 1.96. The third-order valence-electron chi connectivity index (χ3n) is 5.41. The Bertz CT molecular complexity index is 1020. The number of hydrogen-bond acceptors (Lipinski definition) is 5. The van der Waals surface area contributed by atoms with Gasteiger partial charge in [-0.25, -0.2) is 0 Å². The number of aryl methyl sites for hydroxylation is 3. The van der Waals surface area contributed by atoms with Gasteiger partial charge in [0.25, 0.3) is 0 Å². The van der Waals surface area contributed by atoms with Gasteiger partial charge in [0.1, 0.15) is 11.5 Å². The molecular weight excluding hydrogens is 390 g/mol. The highest BCUT2D eigenvalue weighted by atomic mass is 16.5. The summed E-state index contributed by atoms with van der Waals surface area (Å²) in [6.45, 7) is 6.60. The Kier molecular flexibility index (Phi) is 6.62. The molecule has 0 bridgehead atoms. The Labute approximate surface area is 182 Å². The largest absolute Gasteiger partial charge is 0.457 e. The van der Waals surface area contributed by atoms with Crippen LogP contribution in [-0.2, 0) is 11.3 Å². The summed E-state index contributed by atoms with van der Waals surface area (Å²) in [4.78, 5) is 16.9. The van der Waals surface area contributed by atoms with E-state index in [0.29, 0.717) is 18.9 Å². The molecule has 1 aliphatic heterocycles. The van der Waals surface area contributed by atoms with Crippen molar-refractivity contribution in [3.63, 3.8) is 0 Å². The summed E-state index contributed by atoms with van der Waals surface area (Å²) in [5.41, 5.74) is 3.90. The van der Waals surface area contributed by atoms with Crippen LogP contribution >= 0.6 is 0 Å². The first-order chi connectivity index (χ1) is 15.0. The topological polar surface area (TPSA) is 81.1 Å². The molecule has 1 aromatic carbocycles. The van der Waals surface area contributed by atoms with Crippen molar-refractivity contribution in [2.75, 3.05) is 18.4 Å². The minimum absolute atomic E-state index is 0.0433. The molecule has 0 saturated carbocycles. The molecule has 1 fully saturated rings. The highest BCUT2D eigenvalue weighted by molar-refractivity contribution is 5.90. The number of amides is 1. The van der Waals surface area contributed by atoms with Crippen molar-refractivity contribution in [2.45, 2.75) is 45.6 Å². The van der Waals surface area contributed by atoms with Gasteiger partial charge in [-0.05, 0) is 69.6 Å². The van der Waals surface area contributed by atoms with Crippen LogP contribution in [0.5, 0.6) is 11.5 Å². The van der Waals surface area contributed by atoms with Crippen molar-refractivity contribution in [1.82, 2.24) is 20.1 Å². The summed E-state index contributed by atoms with van der Waals surface area (Å²) >= 11 is 0. The molecule has 2 N–H and O–H groups in total. The van der Waals surface area contributed by atoms with E-state index in [1.807, 2.05) is 50.4 Å². The average molecular weight is 420 g/mol. The highest BCUT2D eigenvalue weighted by Gasteiger charge is 2.17. The lowest BCUT2D eigenvalue weighted by molar-refractivity contribution is -0.116. The molecule has 7 heteroatoms. The number of rotatable bonds is 7. The number of benzene rings is 1. The maximum atomic E-state index is 12.2. The van der Waals surface area contributed by atoms with E-state index in [1.165, 1.54) is 0 Å². The molecule has 3 aromatic rings. The first-order valence-electron chi connectivity index (χ1n) is 10.8. The van der Waals surface area contributed by atoms with Crippen LogP contribution in [0.1, 0.15) is 42.1 Å². The van der Waals surface area contributed by atoms with Gasteiger partial charge in [-0.1, -0.05) is 0 Å². The molecule has 1 amide bonds. The predicted octanol–water partition coefficient (Wildman–Crippen LogP) is 4.18. The van der Waals surface area contributed by atoms with Crippen LogP contribution in [0.4, 0.5) is 5.69 Å². The Hall–Kier alpha value is -3.19. The number of carbonyl (C=O) groups is 1. The molecule has 2 aromatic heterocycles. The summed E-state index contributed by atoms with van der Waals surface area (Å²) in [5, 5.41) is 10.5. The predicted molar refractivity (Wildman–Crippen MR) is 121 cm³/mol. The zero-order valence-electron chi connectivity index (χ0n) is 18.1. The van der Waals surface area contributed by atoms with Gasteiger partial charge < -0.3 is 15.4 Å². The number of nitrogens with one attached hydrogen (secondary N) is 2. The molecule has 7 nitrogen and oxygen atoms in total. The maximum Gasteiger partial charge on any atom is 0.226 e. The van der Waals surface area contributed by atoms with Crippen LogP contribution in [0.25, 0.3) is 0 Å². The number of carbonyl (C=O) groups excluding carboxylic acids is 1. The molecule has 1 aliphatic rings. The summed E-state index contributed by atoms with van der Waals surface area (Å²) in [6, 6.07) is 11.5. The van der Waals surface area contributed by atoms with Gasteiger partial charge in [0.15, 0.2) is 0 Å². The monoisotopic (exact) mass is 419 g/mol. The minimum Gasteiger partial charge on any atom is -0.457 e. The van der Waals surface area contributed by atoms with Crippen molar-refractivity contribution in [1.29, 1.82) is 0 Å². The van der Waals surface area contributed by atoms with Gasteiger partial charge in [0.05, 0.1) is 6.20 Å². The first-order valence-corrected chi connectivity index (χ1v) is 10.8. The second kappa shape index (κ2) is 9.75. The van der Waals surface area contributed by atoms with E-state index in [0.717, 1.165) is 60.1 Å². The SMILES string of the molecule is Cc1cnn(CCC(=O)Nc2ccc(Oc3cc(C)nc(C4CCNCC4)c3)cc2)c1. The molecule has 0 spiro atoms. The Balaban J connectivity index is 1.34. The van der Waals surface area contributed by atoms with Crippen LogP contribution < -0.4 is 15.4 Å². The number of pyridine rings is 1. The fourth-order valence-corrected chi connectivity index (χ4v) is 3.82. The fourth-order valence-electron chi connectivity index (χ4n) is 3.82. The maximum absolute atomic E-state index is 12.2. The van der Waals surface area contributed by atoms with E-state index < -0.39 is 0 Å². The molecular formula is C24H29N5O2. The number of anilines is 1. The fraction of sp³-hybridized carbons (Fsp3) is 0.375. The van der Waals surface area contributed by atoms with E-state index in [-0.39, 0.29) is 5.91 Å². The molecule has 31 heavy (non-hydrogen) atoms. The Morgan fingerprint density at radius 1 is 1.16 bits per heavy atom.